The smallest absolute Gasteiger partial charge is 0.280 e. The Morgan fingerprint density at radius 2 is 1.63 bits per heavy atom. The molecular weight excluding hydrogens is 262 g/mol. The summed E-state index contributed by atoms with van der Waals surface area (Å²) in [6.45, 7) is 1.14. The van der Waals surface area contributed by atoms with E-state index in [2.05, 4.69) is 0 Å². The highest BCUT2D eigenvalue weighted by Gasteiger charge is 2.42. The first-order valence-corrected chi connectivity index (χ1v) is 4.98. The minimum atomic E-state index is -1.36. The van der Waals surface area contributed by atoms with E-state index in [0.717, 1.165) is 6.92 Å². The Balaban J connectivity index is 3.40. The number of rotatable bonds is 4. The van der Waals surface area contributed by atoms with Crippen molar-refractivity contribution in [2.45, 2.75) is 13.3 Å². The van der Waals surface area contributed by atoms with Gasteiger partial charge in [0.15, 0.2) is 0 Å². The number of carbonyl (C=O) groups is 1. The molecule has 1 aliphatic carbocycles. The Hall–Kier alpha value is -2.78. The van der Waals surface area contributed by atoms with E-state index in [1.807, 2.05) is 0 Å². The summed E-state index contributed by atoms with van der Waals surface area (Å²) in [5, 5.41) is 41.1. The third kappa shape index (κ3) is 3.12. The standard InChI is InChI=1S/C9H9N3O7/c1-5(13)2-7-8(11(16)17)3-6(10(14)15)4-9(7)12(18)19/h3-4,7H,2H2,1H3,(H,14,15). The van der Waals surface area contributed by atoms with Gasteiger partial charge in [-0.15, -0.1) is 0 Å². The van der Waals surface area contributed by atoms with Gasteiger partial charge in [-0.1, -0.05) is 0 Å². The van der Waals surface area contributed by atoms with Crippen LogP contribution >= 0.6 is 0 Å². The highest BCUT2D eigenvalue weighted by molar-refractivity contribution is 6.02. The molecule has 0 heterocycles. The lowest BCUT2D eigenvalue weighted by Gasteiger charge is -2.12. The summed E-state index contributed by atoms with van der Waals surface area (Å²) in [7, 11) is 0. The van der Waals surface area contributed by atoms with Crippen LogP contribution in [0.25, 0.3) is 0 Å². The topological polar surface area (TPSA) is 150 Å². The molecule has 0 aromatic carbocycles. The molecule has 1 N–H and O–H groups in total. The van der Waals surface area contributed by atoms with Crippen molar-refractivity contribution in [3.63, 3.8) is 0 Å². The van der Waals surface area contributed by atoms with E-state index in [-0.39, 0.29) is 0 Å². The molecule has 0 unspecified atom stereocenters. The third-order valence-electron chi connectivity index (χ3n) is 2.44. The van der Waals surface area contributed by atoms with Crippen molar-refractivity contribution >= 4 is 11.5 Å². The first-order valence-electron chi connectivity index (χ1n) is 4.98. The molecule has 0 amide bonds. The fourth-order valence-electron chi connectivity index (χ4n) is 1.66. The normalized spacial score (nSPS) is 18.4. The van der Waals surface area contributed by atoms with Crippen LogP contribution < -0.4 is 0 Å². The van der Waals surface area contributed by atoms with Crippen LogP contribution in [0.2, 0.25) is 0 Å². The lowest BCUT2D eigenvalue weighted by Crippen LogP contribution is -2.27. The first kappa shape index (κ1) is 14.3. The Labute approximate surface area is 105 Å². The van der Waals surface area contributed by atoms with Crippen LogP contribution in [0.4, 0.5) is 0 Å². The molecule has 0 bridgehead atoms. The molecule has 1 rings (SSSR count). The summed E-state index contributed by atoms with van der Waals surface area (Å²) in [5.41, 5.74) is -2.01. The molecule has 102 valence electrons. The maximum Gasteiger partial charge on any atom is 0.280 e. The van der Waals surface area contributed by atoms with Crippen molar-refractivity contribution in [3.8, 4) is 0 Å². The van der Waals surface area contributed by atoms with Crippen LogP contribution in [0.15, 0.2) is 23.5 Å². The molecule has 10 heteroatoms. The van der Waals surface area contributed by atoms with Gasteiger partial charge in [-0.25, -0.2) is 0 Å². The van der Waals surface area contributed by atoms with Gasteiger partial charge in [-0.05, 0) is 6.92 Å². The van der Waals surface area contributed by atoms with E-state index in [0.29, 0.717) is 12.2 Å². The molecule has 19 heavy (non-hydrogen) atoms. The predicted octanol–water partition coefficient (Wildman–Crippen LogP) is 0.257. The largest absolute Gasteiger partial charge is 0.417 e. The van der Waals surface area contributed by atoms with Crippen LogP contribution in [0.1, 0.15) is 13.3 Å². The minimum absolute atomic E-state index is 0.433. The molecule has 1 aliphatic rings. The quantitative estimate of drug-likeness (QED) is 0.333. The lowest BCUT2D eigenvalue weighted by atomic mass is 9.90. The Morgan fingerprint density at radius 1 is 1.21 bits per heavy atom. The van der Waals surface area contributed by atoms with Crippen LogP contribution in [-0.4, -0.2) is 31.5 Å². The monoisotopic (exact) mass is 271 g/mol. The first-order chi connectivity index (χ1) is 8.73. The minimum Gasteiger partial charge on any atom is -0.417 e. The molecule has 10 nitrogen and oxygen atoms in total. The number of carbonyl (C=O) groups excluding carboxylic acids is 1. The van der Waals surface area contributed by atoms with Crippen LogP contribution in [0.3, 0.4) is 0 Å². The average molecular weight is 271 g/mol. The highest BCUT2D eigenvalue weighted by atomic mass is 16.8. The summed E-state index contributed by atoms with van der Waals surface area (Å²) in [5.74, 6) is -1.83. The van der Waals surface area contributed by atoms with Crippen molar-refractivity contribution in [1.82, 2.24) is 0 Å². The number of hydrogen-bond acceptors (Lipinski definition) is 7. The second-order valence-electron chi connectivity index (χ2n) is 3.81. The highest BCUT2D eigenvalue weighted by Crippen LogP contribution is 2.29. The van der Waals surface area contributed by atoms with Gasteiger partial charge in [0.2, 0.25) is 0 Å². The zero-order valence-electron chi connectivity index (χ0n) is 9.68. The molecule has 0 aromatic heterocycles. The summed E-state index contributed by atoms with van der Waals surface area (Å²) >= 11 is 0. The van der Waals surface area contributed by atoms with Crippen molar-refractivity contribution < 1.29 is 24.8 Å². The van der Waals surface area contributed by atoms with Gasteiger partial charge in [0.05, 0.1) is 22.0 Å². The maximum atomic E-state index is 11.0. The average Bonchev–Trinajstić information content (AvgIpc) is 2.27. The van der Waals surface area contributed by atoms with E-state index in [1.54, 1.807) is 0 Å². The number of nitrogens with zero attached hydrogens (tertiary/aromatic N) is 3. The number of ketones is 1. The van der Waals surface area contributed by atoms with Gasteiger partial charge < -0.3 is 5.21 Å². The van der Waals surface area contributed by atoms with Crippen LogP contribution in [0, 0.1) is 31.4 Å². The third-order valence-corrected chi connectivity index (χ3v) is 2.44. The van der Waals surface area contributed by atoms with Gasteiger partial charge >= 0.3 is 0 Å². The van der Waals surface area contributed by atoms with E-state index in [4.69, 9.17) is 5.21 Å². The van der Waals surface area contributed by atoms with Gasteiger partial charge in [-0.2, -0.15) is 0 Å². The van der Waals surface area contributed by atoms with E-state index in [9.17, 15) is 30.2 Å². The zero-order valence-corrected chi connectivity index (χ0v) is 9.68. The van der Waals surface area contributed by atoms with Gasteiger partial charge in [-0.3, -0.25) is 30.2 Å². The van der Waals surface area contributed by atoms with Crippen molar-refractivity contribution in [1.29, 1.82) is 0 Å². The Kier molecular flexibility index (Phi) is 3.94. The van der Waals surface area contributed by atoms with Crippen molar-refractivity contribution in [3.05, 3.63) is 49.0 Å². The summed E-state index contributed by atoms with van der Waals surface area (Å²) < 4.78 is 0. The predicted molar refractivity (Wildman–Crippen MR) is 59.4 cm³/mol. The molecule has 0 radical (unpaired) electrons. The molecule has 0 spiro atoms. The van der Waals surface area contributed by atoms with E-state index >= 15 is 0 Å². The second kappa shape index (κ2) is 5.25. The second-order valence-corrected chi connectivity index (χ2v) is 3.81. The van der Waals surface area contributed by atoms with Crippen LogP contribution in [0.5, 0.6) is 0 Å². The summed E-state index contributed by atoms with van der Waals surface area (Å²) in [4.78, 5) is 30.2. The van der Waals surface area contributed by atoms with E-state index < -0.39 is 50.0 Å². The Bertz CT molecular complexity index is 508. The van der Waals surface area contributed by atoms with Crippen molar-refractivity contribution in [2.24, 2.45) is 5.92 Å². The summed E-state index contributed by atoms with van der Waals surface area (Å²) in [6, 6.07) is 0. The zero-order chi connectivity index (χ0) is 14.7. The molecular formula is C9H9N3O7. The molecule has 0 aliphatic heterocycles. The number of hydrogen-bond donors (Lipinski definition) is 1. The SMILES string of the molecule is CC(=O)CC1C([N+](=O)[O-])=CC(=[N+]([O-])O)C=C1[N+](=O)[O-]. The van der Waals surface area contributed by atoms with E-state index in [1.165, 1.54) is 0 Å². The van der Waals surface area contributed by atoms with Crippen LogP contribution in [-0.2, 0) is 4.79 Å². The molecule has 0 saturated heterocycles. The fraction of sp³-hybridized carbons (Fsp3) is 0.333. The van der Waals surface area contributed by atoms with Gasteiger partial charge in [0, 0.05) is 11.3 Å². The number of nitro groups is 2. The summed E-state index contributed by atoms with van der Waals surface area (Å²) in [6.07, 6.45) is 0.971. The van der Waals surface area contributed by atoms with Gasteiger partial charge in [0.25, 0.3) is 17.1 Å². The Morgan fingerprint density at radius 3 is 1.89 bits per heavy atom. The molecule has 0 aromatic rings. The van der Waals surface area contributed by atoms with Crippen molar-refractivity contribution in [2.75, 3.05) is 0 Å². The molecule has 0 fully saturated rings. The lowest BCUT2D eigenvalue weighted by molar-refractivity contribution is -0.725. The fourth-order valence-corrected chi connectivity index (χ4v) is 1.66. The number of allylic oxidation sites excluding steroid dienone is 2. The van der Waals surface area contributed by atoms with Gasteiger partial charge in [0.1, 0.15) is 11.7 Å². The maximum absolute atomic E-state index is 11.0. The molecule has 0 saturated carbocycles. The number of Topliss-reactive ketones (excluding diaryl/α,β-unsaturated/α-hetero) is 1. The molecule has 0 atom stereocenters.